The third kappa shape index (κ3) is 3.99. The van der Waals surface area contributed by atoms with Crippen molar-refractivity contribution in [2.45, 2.75) is 24.6 Å². The first-order valence-corrected chi connectivity index (χ1v) is 6.91. The molecule has 6 heteroatoms. The van der Waals surface area contributed by atoms with Crippen LogP contribution in [0.2, 0.25) is 0 Å². The number of methoxy groups -OCH3 is 1. The summed E-state index contributed by atoms with van der Waals surface area (Å²) in [6.45, 7) is 5.76. The Morgan fingerprint density at radius 1 is 1.50 bits per heavy atom. The highest BCUT2D eigenvalue weighted by Crippen LogP contribution is 2.21. The first-order valence-electron chi connectivity index (χ1n) is 5.22. The highest BCUT2D eigenvalue weighted by molar-refractivity contribution is 9.09. The van der Waals surface area contributed by atoms with Gasteiger partial charge in [-0.15, -0.1) is 0 Å². The second-order valence-electron chi connectivity index (χ2n) is 4.02. The number of hydrogen-bond acceptors (Lipinski definition) is 5. The summed E-state index contributed by atoms with van der Waals surface area (Å²) in [4.78, 5) is 6.91. The highest BCUT2D eigenvalue weighted by Gasteiger charge is 2.14. The molecule has 0 saturated carbocycles. The SMILES string of the molecule is COCC(Br)CN(C)c1nc(C(C)C)ns1. The molecule has 0 fully saturated rings. The van der Waals surface area contributed by atoms with Crippen LogP contribution in [-0.4, -0.2) is 41.5 Å². The fraction of sp³-hybridized carbons (Fsp3) is 0.800. The molecule has 1 rings (SSSR count). The molecule has 16 heavy (non-hydrogen) atoms. The number of rotatable bonds is 6. The summed E-state index contributed by atoms with van der Waals surface area (Å²) in [5, 5.41) is 0.962. The van der Waals surface area contributed by atoms with Gasteiger partial charge >= 0.3 is 0 Å². The largest absolute Gasteiger partial charge is 0.383 e. The number of hydrogen-bond donors (Lipinski definition) is 0. The van der Waals surface area contributed by atoms with E-state index in [9.17, 15) is 0 Å². The fourth-order valence-electron chi connectivity index (χ4n) is 1.22. The van der Waals surface area contributed by atoms with E-state index >= 15 is 0 Å². The molecule has 1 heterocycles. The summed E-state index contributed by atoms with van der Waals surface area (Å²) >= 11 is 5.01. The van der Waals surface area contributed by atoms with Crippen LogP contribution in [0.1, 0.15) is 25.6 Å². The molecule has 0 aliphatic heterocycles. The zero-order valence-corrected chi connectivity index (χ0v) is 12.5. The third-order valence-corrected chi connectivity index (χ3v) is 3.49. The minimum Gasteiger partial charge on any atom is -0.383 e. The molecular formula is C10H18BrN3OS. The van der Waals surface area contributed by atoms with Crippen molar-refractivity contribution >= 4 is 32.6 Å². The average Bonchev–Trinajstić information content (AvgIpc) is 2.66. The number of halogens is 1. The second kappa shape index (κ2) is 6.51. The Morgan fingerprint density at radius 3 is 2.69 bits per heavy atom. The van der Waals surface area contributed by atoms with E-state index in [2.05, 4.69) is 44.0 Å². The maximum absolute atomic E-state index is 5.08. The van der Waals surface area contributed by atoms with Gasteiger partial charge in [0.1, 0.15) is 5.82 Å². The van der Waals surface area contributed by atoms with Gasteiger partial charge in [0, 0.05) is 38.2 Å². The summed E-state index contributed by atoms with van der Waals surface area (Å²) in [6.07, 6.45) is 0. The van der Waals surface area contributed by atoms with Gasteiger partial charge in [0.25, 0.3) is 0 Å². The van der Waals surface area contributed by atoms with Crippen LogP contribution in [-0.2, 0) is 4.74 Å². The van der Waals surface area contributed by atoms with Crippen LogP contribution >= 0.6 is 27.5 Å². The fourth-order valence-corrected chi connectivity index (χ4v) is 2.70. The number of ether oxygens (including phenoxy) is 1. The van der Waals surface area contributed by atoms with Gasteiger partial charge in [0.2, 0.25) is 5.13 Å². The number of aromatic nitrogens is 2. The van der Waals surface area contributed by atoms with Crippen LogP contribution in [0.15, 0.2) is 0 Å². The van der Waals surface area contributed by atoms with Crippen molar-refractivity contribution in [2.24, 2.45) is 0 Å². The highest BCUT2D eigenvalue weighted by atomic mass is 79.9. The Bertz CT molecular complexity index is 319. The molecule has 0 aromatic carbocycles. The average molecular weight is 308 g/mol. The van der Waals surface area contributed by atoms with Crippen molar-refractivity contribution in [1.29, 1.82) is 0 Å². The summed E-state index contributed by atoms with van der Waals surface area (Å²) in [5.74, 6) is 1.31. The van der Waals surface area contributed by atoms with Gasteiger partial charge in [-0.25, -0.2) is 4.98 Å². The third-order valence-electron chi connectivity index (χ3n) is 2.09. The van der Waals surface area contributed by atoms with Gasteiger partial charge in [0.05, 0.1) is 11.4 Å². The summed E-state index contributed by atoms with van der Waals surface area (Å²) < 4.78 is 9.41. The minimum absolute atomic E-state index is 0.314. The Labute approximate surface area is 109 Å². The van der Waals surface area contributed by atoms with Crippen molar-refractivity contribution < 1.29 is 4.74 Å². The monoisotopic (exact) mass is 307 g/mol. The minimum atomic E-state index is 0.314. The predicted molar refractivity (Wildman–Crippen MR) is 71.9 cm³/mol. The molecule has 0 N–H and O–H groups in total. The molecule has 1 aromatic heterocycles. The van der Waals surface area contributed by atoms with E-state index in [1.807, 2.05) is 7.05 Å². The van der Waals surface area contributed by atoms with Gasteiger partial charge < -0.3 is 9.64 Å². The molecule has 92 valence electrons. The van der Waals surface area contributed by atoms with E-state index in [1.54, 1.807) is 7.11 Å². The lowest BCUT2D eigenvalue weighted by atomic mass is 10.2. The Morgan fingerprint density at radius 2 is 2.19 bits per heavy atom. The Balaban J connectivity index is 2.55. The van der Waals surface area contributed by atoms with Crippen molar-refractivity contribution in [1.82, 2.24) is 9.36 Å². The van der Waals surface area contributed by atoms with E-state index in [0.717, 1.165) is 17.5 Å². The van der Waals surface area contributed by atoms with Crippen LogP contribution in [0, 0.1) is 0 Å². The predicted octanol–water partition coefficient (Wildman–Crippen LogP) is 2.51. The van der Waals surface area contributed by atoms with Crippen LogP contribution < -0.4 is 4.90 Å². The lowest BCUT2D eigenvalue weighted by molar-refractivity contribution is 0.202. The Hall–Kier alpha value is -0.200. The molecule has 1 atom stereocenters. The summed E-state index contributed by atoms with van der Waals surface area (Å²) in [5.41, 5.74) is 0. The zero-order chi connectivity index (χ0) is 12.1. The van der Waals surface area contributed by atoms with E-state index in [-0.39, 0.29) is 0 Å². The topological polar surface area (TPSA) is 38.2 Å². The molecule has 0 spiro atoms. The molecule has 1 unspecified atom stereocenters. The molecule has 0 aliphatic carbocycles. The standard InChI is InChI=1S/C10H18BrN3OS/c1-7(2)9-12-10(16-13-9)14(3)5-8(11)6-15-4/h7-8H,5-6H2,1-4H3. The smallest absolute Gasteiger partial charge is 0.204 e. The van der Waals surface area contributed by atoms with Crippen molar-refractivity contribution in [3.63, 3.8) is 0 Å². The first-order chi connectivity index (χ1) is 7.54. The zero-order valence-electron chi connectivity index (χ0n) is 10.1. The van der Waals surface area contributed by atoms with E-state index in [4.69, 9.17) is 4.74 Å². The molecule has 0 radical (unpaired) electrons. The van der Waals surface area contributed by atoms with Gasteiger partial charge in [-0.1, -0.05) is 29.8 Å². The van der Waals surface area contributed by atoms with Gasteiger partial charge in [-0.3, -0.25) is 0 Å². The number of nitrogens with zero attached hydrogens (tertiary/aromatic N) is 3. The first kappa shape index (κ1) is 13.9. The van der Waals surface area contributed by atoms with Crippen molar-refractivity contribution in [3.8, 4) is 0 Å². The van der Waals surface area contributed by atoms with Crippen LogP contribution in [0.3, 0.4) is 0 Å². The number of anilines is 1. The van der Waals surface area contributed by atoms with E-state index in [1.165, 1.54) is 11.5 Å². The lowest BCUT2D eigenvalue weighted by Gasteiger charge is -2.18. The van der Waals surface area contributed by atoms with Crippen molar-refractivity contribution in [3.05, 3.63) is 5.82 Å². The normalized spacial score (nSPS) is 13.1. The molecule has 1 aromatic rings. The van der Waals surface area contributed by atoms with Gasteiger partial charge in [-0.05, 0) is 0 Å². The van der Waals surface area contributed by atoms with Gasteiger partial charge in [0.15, 0.2) is 0 Å². The summed E-state index contributed by atoms with van der Waals surface area (Å²) in [7, 11) is 3.73. The van der Waals surface area contributed by atoms with E-state index in [0.29, 0.717) is 17.4 Å². The van der Waals surface area contributed by atoms with Crippen LogP contribution in [0.4, 0.5) is 5.13 Å². The lowest BCUT2D eigenvalue weighted by Crippen LogP contribution is -2.28. The molecule has 0 saturated heterocycles. The quantitative estimate of drug-likeness (QED) is 0.757. The maximum atomic E-state index is 5.08. The number of alkyl halides is 1. The second-order valence-corrected chi connectivity index (χ2v) is 6.05. The Kier molecular flexibility index (Phi) is 5.64. The molecule has 4 nitrogen and oxygen atoms in total. The van der Waals surface area contributed by atoms with Gasteiger partial charge in [-0.2, -0.15) is 4.37 Å². The molecule has 0 aliphatic rings. The molecular weight excluding hydrogens is 290 g/mol. The maximum Gasteiger partial charge on any atom is 0.204 e. The van der Waals surface area contributed by atoms with Crippen molar-refractivity contribution in [2.75, 3.05) is 32.2 Å². The van der Waals surface area contributed by atoms with E-state index < -0.39 is 0 Å². The van der Waals surface area contributed by atoms with Crippen LogP contribution in [0.5, 0.6) is 0 Å². The van der Waals surface area contributed by atoms with Crippen LogP contribution in [0.25, 0.3) is 0 Å². The molecule has 0 bridgehead atoms. The summed E-state index contributed by atoms with van der Waals surface area (Å²) in [6, 6.07) is 0. The molecule has 0 amide bonds.